The lowest BCUT2D eigenvalue weighted by Crippen LogP contribution is -2.37. The predicted molar refractivity (Wildman–Crippen MR) is 169 cm³/mol. The van der Waals surface area contributed by atoms with Crippen LogP contribution in [-0.2, 0) is 17.9 Å². The molecule has 0 unspecified atom stereocenters. The first kappa shape index (κ1) is 40.0. The van der Waals surface area contributed by atoms with Crippen LogP contribution in [0.15, 0.2) is 77.7 Å². The number of nitrogens with one attached hydrogen (secondary N) is 1. The summed E-state index contributed by atoms with van der Waals surface area (Å²) in [6.07, 6.45) is 0. The van der Waals surface area contributed by atoms with Crippen molar-refractivity contribution >= 4 is 41.8 Å². The molecule has 0 heterocycles. The number of halogens is 6. The number of carbonyl (C=O) groups is 2. The summed E-state index contributed by atoms with van der Waals surface area (Å²) in [4.78, 5) is 24.8. The SMILES string of the molecule is CC(C)c1ccc(CN(C(=O)CNCc2ccc(Cl)cc2)c2ccc(C(=O)O)cc2)cc1.Fc1c(F)c(F)c(S)c(F)c1F.O.O. The molecule has 0 aliphatic rings. The average Bonchev–Trinajstić information content (AvgIpc) is 3.02. The number of amides is 1. The van der Waals surface area contributed by atoms with Gasteiger partial charge in [0.05, 0.1) is 23.5 Å². The van der Waals surface area contributed by atoms with Crippen LogP contribution in [0.4, 0.5) is 27.6 Å². The molecule has 1 amide bonds. The van der Waals surface area contributed by atoms with Crippen molar-refractivity contribution < 1.29 is 47.6 Å². The molecule has 4 rings (SSSR count). The summed E-state index contributed by atoms with van der Waals surface area (Å²) < 4.78 is 61.3. The molecule has 6 N–H and O–H groups in total. The van der Waals surface area contributed by atoms with Crippen LogP contribution < -0.4 is 10.2 Å². The Balaban J connectivity index is 0.000000640. The average molecular weight is 687 g/mol. The highest BCUT2D eigenvalue weighted by atomic mass is 35.5. The first-order chi connectivity index (χ1) is 20.8. The smallest absolute Gasteiger partial charge is 0.335 e. The summed E-state index contributed by atoms with van der Waals surface area (Å²) >= 11 is 9.02. The van der Waals surface area contributed by atoms with Crippen LogP contribution in [0.25, 0.3) is 0 Å². The van der Waals surface area contributed by atoms with E-state index >= 15 is 0 Å². The molecule has 0 aliphatic carbocycles. The molecular weight excluding hydrogens is 655 g/mol. The van der Waals surface area contributed by atoms with E-state index in [4.69, 9.17) is 11.6 Å². The predicted octanol–water partition coefficient (Wildman–Crippen LogP) is 6.51. The van der Waals surface area contributed by atoms with Crippen LogP contribution in [0.5, 0.6) is 0 Å². The molecule has 0 aliphatic heterocycles. The molecule has 0 atom stereocenters. The Hall–Kier alpha value is -4.01. The Bertz CT molecular complexity index is 1500. The lowest BCUT2D eigenvalue weighted by Gasteiger charge is -2.24. The Morgan fingerprint density at radius 1 is 0.783 bits per heavy atom. The van der Waals surface area contributed by atoms with Gasteiger partial charge in [-0.15, -0.1) is 12.6 Å². The summed E-state index contributed by atoms with van der Waals surface area (Å²) in [5, 5.41) is 13.0. The summed E-state index contributed by atoms with van der Waals surface area (Å²) in [5.74, 6) is -10.7. The van der Waals surface area contributed by atoms with Gasteiger partial charge in [0, 0.05) is 17.3 Å². The monoisotopic (exact) mass is 686 g/mol. The van der Waals surface area contributed by atoms with Crippen LogP contribution in [0, 0.1) is 29.1 Å². The highest BCUT2D eigenvalue weighted by Crippen LogP contribution is 2.25. The van der Waals surface area contributed by atoms with Crippen LogP contribution >= 0.6 is 24.2 Å². The van der Waals surface area contributed by atoms with Gasteiger partial charge < -0.3 is 26.3 Å². The third kappa shape index (κ3) is 10.5. The van der Waals surface area contributed by atoms with E-state index in [1.165, 1.54) is 17.7 Å². The largest absolute Gasteiger partial charge is 0.478 e. The van der Waals surface area contributed by atoms with Gasteiger partial charge in [-0.25, -0.2) is 26.7 Å². The summed E-state index contributed by atoms with van der Waals surface area (Å²) in [6, 6.07) is 22.1. The van der Waals surface area contributed by atoms with Crippen molar-refractivity contribution in [1.82, 2.24) is 5.32 Å². The summed E-state index contributed by atoms with van der Waals surface area (Å²) in [5.41, 5.74) is 4.11. The second-order valence-corrected chi connectivity index (χ2v) is 10.8. The number of carboxylic acids is 1. The van der Waals surface area contributed by atoms with Gasteiger partial charge in [-0.2, -0.15) is 0 Å². The standard InChI is InChI=1S/C26H27ClN2O3.C6HF5S.2H2O/c1-18(2)21-7-3-20(4-8-21)17-29(24-13-9-22(10-14-24)26(31)32)25(30)16-28-15-19-5-11-23(27)12-6-19;7-1-2(8)4(10)6(12)5(11)3(1)9;;/h3-14,18,28H,15-17H2,1-2H3,(H,31,32);12H;2*1H2. The van der Waals surface area contributed by atoms with Gasteiger partial charge in [0.25, 0.3) is 0 Å². The third-order valence-electron chi connectivity index (χ3n) is 6.42. The topological polar surface area (TPSA) is 133 Å². The van der Waals surface area contributed by atoms with Crippen LogP contribution in [0.3, 0.4) is 0 Å². The van der Waals surface area contributed by atoms with Gasteiger partial charge in [-0.3, -0.25) is 4.79 Å². The number of thiol groups is 1. The van der Waals surface area contributed by atoms with Crippen molar-refractivity contribution in [3.05, 3.63) is 129 Å². The van der Waals surface area contributed by atoms with E-state index in [1.54, 1.807) is 17.0 Å². The summed E-state index contributed by atoms with van der Waals surface area (Å²) in [7, 11) is 0. The Morgan fingerprint density at radius 3 is 1.74 bits per heavy atom. The number of hydrogen-bond donors (Lipinski definition) is 3. The number of nitrogens with zero attached hydrogens (tertiary/aromatic N) is 1. The molecule has 0 aromatic heterocycles. The maximum absolute atomic E-state index is 13.1. The number of anilines is 1. The number of carboxylic acid groups (broad SMARTS) is 1. The van der Waals surface area contributed by atoms with Crippen molar-refractivity contribution in [2.24, 2.45) is 0 Å². The molecule has 0 saturated carbocycles. The van der Waals surface area contributed by atoms with Crippen LogP contribution in [-0.4, -0.2) is 34.5 Å². The van der Waals surface area contributed by atoms with Crippen molar-refractivity contribution in [3.8, 4) is 0 Å². The van der Waals surface area contributed by atoms with E-state index in [0.717, 1.165) is 11.1 Å². The Morgan fingerprint density at radius 2 is 1.26 bits per heavy atom. The molecule has 14 heteroatoms. The molecular formula is C32H32ClF5N2O5S. The molecule has 7 nitrogen and oxygen atoms in total. The second-order valence-electron chi connectivity index (χ2n) is 9.88. The van der Waals surface area contributed by atoms with Crippen molar-refractivity contribution in [3.63, 3.8) is 0 Å². The molecule has 0 radical (unpaired) electrons. The number of aromatic carboxylic acids is 1. The van der Waals surface area contributed by atoms with E-state index < -0.39 is 40.0 Å². The third-order valence-corrected chi connectivity index (χ3v) is 7.06. The van der Waals surface area contributed by atoms with E-state index in [2.05, 4.69) is 43.9 Å². The zero-order valence-electron chi connectivity index (χ0n) is 24.6. The molecule has 0 spiro atoms. The van der Waals surface area contributed by atoms with E-state index in [0.29, 0.717) is 29.7 Å². The number of rotatable bonds is 9. The second kappa shape index (κ2) is 18.2. The molecule has 248 valence electrons. The van der Waals surface area contributed by atoms with Gasteiger partial charge in [-0.1, -0.05) is 61.8 Å². The van der Waals surface area contributed by atoms with E-state index in [1.807, 2.05) is 36.4 Å². The van der Waals surface area contributed by atoms with Crippen LogP contribution in [0.1, 0.15) is 46.8 Å². The highest BCUT2D eigenvalue weighted by Gasteiger charge is 2.23. The van der Waals surface area contributed by atoms with Crippen LogP contribution in [0.2, 0.25) is 5.02 Å². The Kier molecular flexibility index (Phi) is 15.8. The fourth-order valence-electron chi connectivity index (χ4n) is 3.90. The summed E-state index contributed by atoms with van der Waals surface area (Å²) in [6.45, 7) is 5.36. The lowest BCUT2D eigenvalue weighted by atomic mass is 10.0. The van der Waals surface area contributed by atoms with Gasteiger partial charge in [-0.05, 0) is 59.0 Å². The van der Waals surface area contributed by atoms with Crippen molar-refractivity contribution in [2.75, 3.05) is 11.4 Å². The highest BCUT2D eigenvalue weighted by molar-refractivity contribution is 7.80. The van der Waals surface area contributed by atoms with E-state index in [9.17, 15) is 36.6 Å². The normalized spacial score (nSPS) is 10.3. The van der Waals surface area contributed by atoms with Gasteiger partial charge in [0.1, 0.15) is 0 Å². The lowest BCUT2D eigenvalue weighted by molar-refractivity contribution is -0.118. The Labute approximate surface area is 272 Å². The first-order valence-corrected chi connectivity index (χ1v) is 14.0. The van der Waals surface area contributed by atoms with Gasteiger partial charge >= 0.3 is 5.97 Å². The molecule has 46 heavy (non-hydrogen) atoms. The minimum Gasteiger partial charge on any atom is -0.478 e. The van der Waals surface area contributed by atoms with Crippen molar-refractivity contribution in [2.45, 2.75) is 37.8 Å². The fourth-order valence-corrected chi connectivity index (χ4v) is 4.23. The minimum atomic E-state index is -2.18. The molecule has 4 aromatic rings. The fraction of sp³-hybridized carbons (Fsp3) is 0.188. The zero-order chi connectivity index (χ0) is 32.6. The number of hydrogen-bond acceptors (Lipinski definition) is 4. The van der Waals surface area contributed by atoms with Gasteiger partial charge in [0.15, 0.2) is 23.3 Å². The maximum Gasteiger partial charge on any atom is 0.335 e. The maximum atomic E-state index is 13.1. The quantitative estimate of drug-likeness (QED) is 0.0802. The minimum absolute atomic E-state index is 0. The molecule has 0 bridgehead atoms. The molecule has 0 fully saturated rings. The molecule has 4 aromatic carbocycles. The first-order valence-electron chi connectivity index (χ1n) is 13.2. The number of carbonyl (C=O) groups excluding carboxylic acids is 1. The molecule has 0 saturated heterocycles. The zero-order valence-corrected chi connectivity index (χ0v) is 26.2. The van der Waals surface area contributed by atoms with E-state index in [-0.39, 0.29) is 29.0 Å². The van der Waals surface area contributed by atoms with Gasteiger partial charge in [0.2, 0.25) is 11.7 Å². The number of benzene rings is 4. The van der Waals surface area contributed by atoms with Crippen molar-refractivity contribution in [1.29, 1.82) is 0 Å².